The lowest BCUT2D eigenvalue weighted by Crippen LogP contribution is -2.07. The maximum absolute atomic E-state index is 10.7. The van der Waals surface area contributed by atoms with Gasteiger partial charge in [-0.2, -0.15) is 0 Å². The highest BCUT2D eigenvalue weighted by atomic mass is 16.5. The Kier molecular flexibility index (Phi) is 3.79. The monoisotopic (exact) mass is 290 g/mol. The molecule has 114 valence electrons. The molecule has 1 saturated carbocycles. The van der Waals surface area contributed by atoms with Crippen LogP contribution in [0.25, 0.3) is 0 Å². The predicted octanol–water partition coefficient (Wildman–Crippen LogP) is 3.48. The fraction of sp³-hybridized carbons (Fsp3) is 0.588. The average Bonchev–Trinajstić information content (AvgIpc) is 3.07. The Balaban J connectivity index is 1.97. The summed E-state index contributed by atoms with van der Waals surface area (Å²) in [5, 5.41) is 8.80. The number of carboxylic acids is 1. The van der Waals surface area contributed by atoms with Gasteiger partial charge in [-0.25, -0.2) is 0 Å². The van der Waals surface area contributed by atoms with Crippen molar-refractivity contribution in [2.24, 2.45) is 0 Å². The average molecular weight is 290 g/mol. The lowest BCUT2D eigenvalue weighted by atomic mass is 9.87. The molecule has 0 saturated heterocycles. The number of hydrogen-bond donors (Lipinski definition) is 1. The van der Waals surface area contributed by atoms with Gasteiger partial charge in [-0.05, 0) is 55.6 Å². The van der Waals surface area contributed by atoms with Crippen molar-refractivity contribution in [2.75, 3.05) is 14.2 Å². The fourth-order valence-electron chi connectivity index (χ4n) is 4.09. The van der Waals surface area contributed by atoms with E-state index < -0.39 is 5.97 Å². The van der Waals surface area contributed by atoms with Crippen LogP contribution in [0.15, 0.2) is 6.07 Å². The van der Waals surface area contributed by atoms with Crippen molar-refractivity contribution in [1.82, 2.24) is 0 Å². The van der Waals surface area contributed by atoms with Crippen molar-refractivity contribution in [3.8, 4) is 11.5 Å². The molecule has 1 N–H and O–H groups in total. The Hall–Kier alpha value is -1.71. The van der Waals surface area contributed by atoms with E-state index in [0.29, 0.717) is 18.3 Å². The van der Waals surface area contributed by atoms with Gasteiger partial charge in [0.1, 0.15) is 11.5 Å². The zero-order chi connectivity index (χ0) is 15.0. The number of benzene rings is 1. The van der Waals surface area contributed by atoms with Crippen molar-refractivity contribution in [3.63, 3.8) is 0 Å². The largest absolute Gasteiger partial charge is 0.496 e. The molecule has 2 aliphatic rings. The van der Waals surface area contributed by atoms with Crippen molar-refractivity contribution < 1.29 is 19.4 Å². The van der Waals surface area contributed by atoms with Gasteiger partial charge in [-0.3, -0.25) is 4.79 Å². The third-order valence-corrected chi connectivity index (χ3v) is 4.91. The summed E-state index contributed by atoms with van der Waals surface area (Å²) in [5.41, 5.74) is 3.76. The minimum atomic E-state index is -0.749. The molecule has 3 rings (SSSR count). The molecule has 4 heteroatoms. The third kappa shape index (κ3) is 2.37. The van der Waals surface area contributed by atoms with Crippen LogP contribution in [0, 0.1) is 0 Å². The van der Waals surface area contributed by atoms with Gasteiger partial charge in [0.25, 0.3) is 0 Å². The Morgan fingerprint density at radius 3 is 2.57 bits per heavy atom. The first-order valence-electron chi connectivity index (χ1n) is 7.65. The van der Waals surface area contributed by atoms with E-state index in [9.17, 15) is 4.79 Å². The second-order valence-electron chi connectivity index (χ2n) is 6.05. The van der Waals surface area contributed by atoms with Gasteiger partial charge in [0.2, 0.25) is 0 Å². The minimum absolute atomic E-state index is 0.189. The van der Waals surface area contributed by atoms with E-state index in [2.05, 4.69) is 6.07 Å². The molecule has 21 heavy (non-hydrogen) atoms. The van der Waals surface area contributed by atoms with E-state index in [0.717, 1.165) is 23.5 Å². The lowest BCUT2D eigenvalue weighted by molar-refractivity contribution is -0.137. The van der Waals surface area contributed by atoms with Crippen molar-refractivity contribution in [1.29, 1.82) is 0 Å². The summed E-state index contributed by atoms with van der Waals surface area (Å²) in [6.07, 6.45) is 5.22. The Labute approximate surface area is 125 Å². The highest BCUT2D eigenvalue weighted by molar-refractivity contribution is 5.66. The number of rotatable bonds is 6. The summed E-state index contributed by atoms with van der Waals surface area (Å²) in [5.74, 6) is 2.39. The maximum Gasteiger partial charge on any atom is 0.303 e. The number of carboxylic acid groups (broad SMARTS) is 1. The standard InChI is InChI=1S/C17H22O4/c1-20-13-9-12(4-3-5-14(18)19)17(21-2)16-11-7-6-10(8-11)15(13)16/h9-11H,3-8H2,1-2H3,(H,18,19). The molecule has 0 aromatic heterocycles. The predicted molar refractivity (Wildman–Crippen MR) is 79.5 cm³/mol. The molecule has 2 unspecified atom stereocenters. The van der Waals surface area contributed by atoms with Gasteiger partial charge in [0, 0.05) is 17.5 Å². The molecule has 0 radical (unpaired) electrons. The van der Waals surface area contributed by atoms with Crippen molar-refractivity contribution in [2.45, 2.75) is 50.4 Å². The van der Waals surface area contributed by atoms with Gasteiger partial charge in [0.15, 0.2) is 0 Å². The molecular weight excluding hydrogens is 268 g/mol. The van der Waals surface area contributed by atoms with Crippen LogP contribution in [0.5, 0.6) is 11.5 Å². The molecule has 2 atom stereocenters. The molecule has 2 aliphatic carbocycles. The molecule has 0 spiro atoms. The highest BCUT2D eigenvalue weighted by Gasteiger charge is 2.42. The van der Waals surface area contributed by atoms with E-state index >= 15 is 0 Å². The molecule has 1 aromatic carbocycles. The minimum Gasteiger partial charge on any atom is -0.496 e. The van der Waals surface area contributed by atoms with Crippen LogP contribution in [-0.2, 0) is 11.2 Å². The second kappa shape index (κ2) is 5.58. The first-order chi connectivity index (χ1) is 10.2. The summed E-state index contributed by atoms with van der Waals surface area (Å²) in [6.45, 7) is 0. The number of hydrogen-bond acceptors (Lipinski definition) is 3. The zero-order valence-electron chi connectivity index (χ0n) is 12.6. The number of methoxy groups -OCH3 is 2. The van der Waals surface area contributed by atoms with Gasteiger partial charge >= 0.3 is 5.97 Å². The summed E-state index contributed by atoms with van der Waals surface area (Å²) in [6, 6.07) is 2.06. The quantitative estimate of drug-likeness (QED) is 0.871. The molecule has 1 fully saturated rings. The SMILES string of the molecule is COc1cc(CCCC(=O)O)c(OC)c2c1C1CCC2C1. The molecule has 2 bridgehead atoms. The van der Waals surface area contributed by atoms with E-state index in [1.54, 1.807) is 14.2 Å². The Bertz CT molecular complexity index is 564. The zero-order valence-corrected chi connectivity index (χ0v) is 12.6. The molecule has 1 aromatic rings. The molecular formula is C17H22O4. The lowest BCUT2D eigenvalue weighted by Gasteiger charge is -2.23. The second-order valence-corrected chi connectivity index (χ2v) is 6.05. The van der Waals surface area contributed by atoms with Gasteiger partial charge in [0.05, 0.1) is 14.2 Å². The summed E-state index contributed by atoms with van der Waals surface area (Å²) in [4.78, 5) is 10.7. The molecule has 0 heterocycles. The normalized spacial score (nSPS) is 22.2. The number of aryl methyl sites for hydroxylation is 1. The first-order valence-corrected chi connectivity index (χ1v) is 7.65. The highest BCUT2D eigenvalue weighted by Crippen LogP contribution is 2.59. The van der Waals surface area contributed by atoms with Gasteiger partial charge in [-0.1, -0.05) is 0 Å². The van der Waals surface area contributed by atoms with E-state index in [1.165, 1.54) is 30.4 Å². The van der Waals surface area contributed by atoms with E-state index in [4.69, 9.17) is 14.6 Å². The Morgan fingerprint density at radius 1 is 1.24 bits per heavy atom. The first kappa shape index (κ1) is 14.2. The number of fused-ring (bicyclic) bond motifs is 5. The van der Waals surface area contributed by atoms with Gasteiger partial charge in [-0.15, -0.1) is 0 Å². The molecule has 0 aliphatic heterocycles. The number of aliphatic carboxylic acids is 1. The summed E-state index contributed by atoms with van der Waals surface area (Å²) >= 11 is 0. The maximum atomic E-state index is 10.7. The van der Waals surface area contributed by atoms with Crippen molar-refractivity contribution >= 4 is 5.97 Å². The van der Waals surface area contributed by atoms with Crippen LogP contribution in [0.3, 0.4) is 0 Å². The fourth-order valence-corrected chi connectivity index (χ4v) is 4.09. The topological polar surface area (TPSA) is 55.8 Å². The number of ether oxygens (including phenoxy) is 2. The van der Waals surface area contributed by atoms with Crippen LogP contribution >= 0.6 is 0 Å². The summed E-state index contributed by atoms with van der Waals surface area (Å²) < 4.78 is 11.3. The van der Waals surface area contributed by atoms with Crippen LogP contribution in [0.2, 0.25) is 0 Å². The smallest absolute Gasteiger partial charge is 0.303 e. The molecule has 0 amide bonds. The third-order valence-electron chi connectivity index (χ3n) is 4.91. The van der Waals surface area contributed by atoms with E-state index in [-0.39, 0.29) is 6.42 Å². The molecule has 4 nitrogen and oxygen atoms in total. The number of carbonyl (C=O) groups is 1. The van der Waals surface area contributed by atoms with Crippen LogP contribution in [-0.4, -0.2) is 25.3 Å². The summed E-state index contributed by atoms with van der Waals surface area (Å²) in [7, 11) is 3.43. The van der Waals surface area contributed by atoms with Crippen LogP contribution in [0.4, 0.5) is 0 Å². The Morgan fingerprint density at radius 2 is 1.95 bits per heavy atom. The van der Waals surface area contributed by atoms with Gasteiger partial charge < -0.3 is 14.6 Å². The van der Waals surface area contributed by atoms with E-state index in [1.807, 2.05) is 0 Å². The van der Waals surface area contributed by atoms with Crippen molar-refractivity contribution in [3.05, 3.63) is 22.8 Å². The van der Waals surface area contributed by atoms with Crippen LogP contribution in [0.1, 0.15) is 60.6 Å². The van der Waals surface area contributed by atoms with Crippen LogP contribution < -0.4 is 9.47 Å².